The topological polar surface area (TPSA) is 20.2 Å². The second kappa shape index (κ2) is 5.14. The van der Waals surface area contributed by atoms with E-state index in [0.717, 1.165) is 10.0 Å². The monoisotopic (exact) mass is 354 g/mol. The minimum absolute atomic E-state index is 0.236. The molecule has 3 rings (SSSR count). The van der Waals surface area contributed by atoms with Crippen molar-refractivity contribution in [3.8, 4) is 0 Å². The molecular weight excluding hydrogens is 343 g/mol. The first-order valence-electron chi connectivity index (χ1n) is 6.44. The molecule has 1 N–H and O–H groups in total. The highest BCUT2D eigenvalue weighted by atomic mass is 79.9. The van der Waals surface area contributed by atoms with Crippen LogP contribution in [0.25, 0.3) is 0 Å². The summed E-state index contributed by atoms with van der Waals surface area (Å²) < 4.78 is 14.7. The van der Waals surface area contributed by atoms with Crippen molar-refractivity contribution in [3.05, 3.63) is 68.4 Å². The molecule has 2 aromatic carbocycles. The molecule has 0 amide bonds. The van der Waals surface area contributed by atoms with E-state index in [1.807, 2.05) is 18.2 Å². The largest absolute Gasteiger partial charge is 0.385 e. The maximum absolute atomic E-state index is 13.8. The average molecular weight is 356 g/mol. The van der Waals surface area contributed by atoms with E-state index in [0.29, 0.717) is 35.4 Å². The maximum Gasteiger partial charge on any atom is 0.126 e. The predicted octanol–water partition coefficient (Wildman–Crippen LogP) is 4.62. The van der Waals surface area contributed by atoms with Crippen molar-refractivity contribution in [2.75, 3.05) is 0 Å². The highest BCUT2D eigenvalue weighted by molar-refractivity contribution is 9.10. The number of benzene rings is 2. The van der Waals surface area contributed by atoms with Gasteiger partial charge in [-0.15, -0.1) is 0 Å². The fourth-order valence-electron chi connectivity index (χ4n) is 2.88. The molecule has 1 aliphatic rings. The predicted molar refractivity (Wildman–Crippen MR) is 81.5 cm³/mol. The van der Waals surface area contributed by atoms with Gasteiger partial charge in [0.25, 0.3) is 0 Å². The second-order valence-electron chi connectivity index (χ2n) is 5.21. The Bertz CT molecular complexity index is 674. The first-order valence-corrected chi connectivity index (χ1v) is 7.61. The van der Waals surface area contributed by atoms with Crippen LogP contribution in [0, 0.1) is 5.82 Å². The van der Waals surface area contributed by atoms with Crippen LogP contribution in [0.2, 0.25) is 5.02 Å². The van der Waals surface area contributed by atoms with Crippen molar-refractivity contribution >= 4 is 27.5 Å². The molecule has 0 radical (unpaired) electrons. The number of hydrogen-bond acceptors (Lipinski definition) is 1. The molecule has 1 atom stereocenters. The van der Waals surface area contributed by atoms with E-state index >= 15 is 0 Å². The highest BCUT2D eigenvalue weighted by Gasteiger charge is 2.38. The average Bonchev–Trinajstić information content (AvgIpc) is 2.73. The number of rotatable bonds is 2. The van der Waals surface area contributed by atoms with Crippen LogP contribution >= 0.6 is 27.5 Å². The number of halogens is 3. The van der Waals surface area contributed by atoms with Gasteiger partial charge in [-0.3, -0.25) is 0 Å². The first-order chi connectivity index (χ1) is 9.49. The fourth-order valence-corrected chi connectivity index (χ4v) is 3.62. The van der Waals surface area contributed by atoms with E-state index in [-0.39, 0.29) is 5.82 Å². The lowest BCUT2D eigenvalue weighted by Crippen LogP contribution is -2.25. The summed E-state index contributed by atoms with van der Waals surface area (Å²) in [6.45, 7) is 0. The van der Waals surface area contributed by atoms with Gasteiger partial charge in [-0.1, -0.05) is 45.7 Å². The van der Waals surface area contributed by atoms with Crippen LogP contribution in [0.15, 0.2) is 40.9 Å². The molecule has 0 heterocycles. The quantitative estimate of drug-likeness (QED) is 0.833. The van der Waals surface area contributed by atoms with Gasteiger partial charge in [0.1, 0.15) is 5.82 Å². The number of aliphatic hydroxyl groups is 1. The minimum Gasteiger partial charge on any atom is -0.385 e. The van der Waals surface area contributed by atoms with Crippen LogP contribution in [0.5, 0.6) is 0 Å². The lowest BCUT2D eigenvalue weighted by molar-refractivity contribution is 0.0389. The van der Waals surface area contributed by atoms with E-state index in [1.165, 1.54) is 6.07 Å². The Morgan fingerprint density at radius 2 is 2.10 bits per heavy atom. The summed E-state index contributed by atoms with van der Waals surface area (Å²) in [6, 6.07) is 10.5. The van der Waals surface area contributed by atoms with Crippen molar-refractivity contribution in [3.63, 3.8) is 0 Å². The Kier molecular flexibility index (Phi) is 3.61. The van der Waals surface area contributed by atoms with Crippen molar-refractivity contribution in [2.24, 2.45) is 0 Å². The van der Waals surface area contributed by atoms with E-state index in [9.17, 15) is 9.50 Å². The van der Waals surface area contributed by atoms with E-state index in [4.69, 9.17) is 11.6 Å². The van der Waals surface area contributed by atoms with Crippen LogP contribution < -0.4 is 0 Å². The summed E-state index contributed by atoms with van der Waals surface area (Å²) in [6.07, 6.45) is 1.48. The Labute approximate surface area is 130 Å². The normalized spacial score (nSPS) is 21.0. The fraction of sp³-hybridized carbons (Fsp3) is 0.250. The Balaban J connectivity index is 1.98. The van der Waals surface area contributed by atoms with Crippen LogP contribution in [-0.4, -0.2) is 5.11 Å². The molecule has 0 aromatic heterocycles. The first kappa shape index (κ1) is 14.1. The van der Waals surface area contributed by atoms with Gasteiger partial charge < -0.3 is 5.11 Å². The summed E-state index contributed by atoms with van der Waals surface area (Å²) in [4.78, 5) is 0. The Morgan fingerprint density at radius 1 is 1.30 bits per heavy atom. The van der Waals surface area contributed by atoms with Gasteiger partial charge in [0.05, 0.1) is 5.60 Å². The van der Waals surface area contributed by atoms with Gasteiger partial charge in [0, 0.05) is 15.9 Å². The molecule has 1 nitrogen and oxygen atoms in total. The number of fused-ring (bicyclic) bond motifs is 1. The molecule has 0 bridgehead atoms. The Hall–Kier alpha value is -0.900. The van der Waals surface area contributed by atoms with Crippen LogP contribution in [0.1, 0.15) is 23.1 Å². The lowest BCUT2D eigenvalue weighted by Gasteiger charge is -2.24. The molecule has 0 fully saturated rings. The zero-order chi connectivity index (χ0) is 14.3. The molecule has 2 aromatic rings. The zero-order valence-electron chi connectivity index (χ0n) is 10.7. The molecular formula is C16H13BrClFO. The van der Waals surface area contributed by atoms with Gasteiger partial charge in [0.15, 0.2) is 0 Å². The number of hydrogen-bond donors (Lipinski definition) is 1. The summed E-state index contributed by atoms with van der Waals surface area (Å²) in [5, 5.41) is 11.5. The highest BCUT2D eigenvalue weighted by Crippen LogP contribution is 2.41. The van der Waals surface area contributed by atoms with Gasteiger partial charge in [0.2, 0.25) is 0 Å². The zero-order valence-corrected chi connectivity index (χ0v) is 13.0. The van der Waals surface area contributed by atoms with Gasteiger partial charge >= 0.3 is 0 Å². The molecule has 104 valence electrons. The molecule has 0 spiro atoms. The lowest BCUT2D eigenvalue weighted by atomic mass is 9.89. The third kappa shape index (κ3) is 2.39. The second-order valence-corrected chi connectivity index (χ2v) is 6.53. The third-order valence-electron chi connectivity index (χ3n) is 3.91. The van der Waals surface area contributed by atoms with Gasteiger partial charge in [-0.05, 0) is 47.7 Å². The molecule has 1 unspecified atom stereocenters. The molecule has 4 heteroatoms. The third-order valence-corrected chi connectivity index (χ3v) is 4.75. The van der Waals surface area contributed by atoms with E-state index < -0.39 is 5.60 Å². The molecule has 0 saturated carbocycles. The Morgan fingerprint density at radius 3 is 2.85 bits per heavy atom. The van der Waals surface area contributed by atoms with Crippen LogP contribution in [0.3, 0.4) is 0 Å². The SMILES string of the molecule is OC1(Cc2ccc(Br)cc2Cl)CCc2c(F)cccc21. The van der Waals surface area contributed by atoms with E-state index in [2.05, 4.69) is 15.9 Å². The van der Waals surface area contributed by atoms with Crippen molar-refractivity contribution in [2.45, 2.75) is 24.9 Å². The molecule has 1 aliphatic carbocycles. The smallest absolute Gasteiger partial charge is 0.126 e. The van der Waals surface area contributed by atoms with Gasteiger partial charge in [-0.25, -0.2) is 4.39 Å². The maximum atomic E-state index is 13.8. The van der Waals surface area contributed by atoms with Crippen molar-refractivity contribution in [1.29, 1.82) is 0 Å². The molecule has 20 heavy (non-hydrogen) atoms. The summed E-state index contributed by atoms with van der Waals surface area (Å²) >= 11 is 9.57. The van der Waals surface area contributed by atoms with Gasteiger partial charge in [-0.2, -0.15) is 0 Å². The molecule has 0 saturated heterocycles. The summed E-state index contributed by atoms with van der Waals surface area (Å²) in [5.41, 5.74) is 1.16. The standard InChI is InChI=1S/C16H13BrClFO/c17-11-5-4-10(14(18)8-11)9-16(20)7-6-12-13(16)2-1-3-15(12)19/h1-5,8,20H,6-7,9H2. The van der Waals surface area contributed by atoms with Crippen LogP contribution in [0.4, 0.5) is 4.39 Å². The molecule has 0 aliphatic heterocycles. The summed E-state index contributed by atoms with van der Waals surface area (Å²) in [5.74, 6) is -0.236. The van der Waals surface area contributed by atoms with Crippen molar-refractivity contribution in [1.82, 2.24) is 0 Å². The minimum atomic E-state index is -1.03. The summed E-state index contributed by atoms with van der Waals surface area (Å²) in [7, 11) is 0. The van der Waals surface area contributed by atoms with E-state index in [1.54, 1.807) is 12.1 Å². The van der Waals surface area contributed by atoms with Crippen molar-refractivity contribution < 1.29 is 9.50 Å². The van der Waals surface area contributed by atoms with Crippen LogP contribution in [-0.2, 0) is 18.4 Å².